The van der Waals surface area contributed by atoms with Gasteiger partial charge in [0.2, 0.25) is 5.95 Å². The Morgan fingerprint density at radius 3 is 2.62 bits per heavy atom. The summed E-state index contributed by atoms with van der Waals surface area (Å²) in [7, 11) is 1.44. The van der Waals surface area contributed by atoms with Gasteiger partial charge in [-0.05, 0) is 60.5 Å². The summed E-state index contributed by atoms with van der Waals surface area (Å²) in [5, 5.41) is 11.7. The maximum atomic E-state index is 13.3. The van der Waals surface area contributed by atoms with Crippen molar-refractivity contribution in [1.82, 2.24) is 15.0 Å². The molecular formula is C25H19ClN4O4. The third kappa shape index (κ3) is 3.48. The molecule has 1 atom stereocenters. The molecule has 0 spiro atoms. The first kappa shape index (κ1) is 21.7. The van der Waals surface area contributed by atoms with Crippen LogP contribution in [0.4, 0.5) is 5.95 Å². The number of nitrogens with one attached hydrogen (secondary N) is 1. The standard InChI is InChI=1S/C25H19ClN4O4/c1-13-3-5-17-18(11-13)29-25(28-17)30-21(14-7-9-27-10-8-14)20(23(32)24(30)33)22(31)16-12-15(26)4-6-19(16)34-2/h3-12,21,31H,1-2H3,(H,28,29)/b22-20+. The minimum absolute atomic E-state index is 0.103. The number of Topliss-reactive ketones (excluding diaryl/α,β-unsaturated/α-hetero) is 1. The van der Waals surface area contributed by atoms with Crippen molar-refractivity contribution in [2.24, 2.45) is 0 Å². The Balaban J connectivity index is 1.75. The van der Waals surface area contributed by atoms with Gasteiger partial charge in [0.25, 0.3) is 5.78 Å². The molecule has 5 rings (SSSR count). The number of methoxy groups -OCH3 is 1. The van der Waals surface area contributed by atoms with Crippen LogP contribution in [0.15, 0.2) is 66.5 Å². The molecule has 170 valence electrons. The van der Waals surface area contributed by atoms with Crippen molar-refractivity contribution in [1.29, 1.82) is 0 Å². The lowest BCUT2D eigenvalue weighted by Gasteiger charge is -2.23. The number of nitrogens with zero attached hydrogens (tertiary/aromatic N) is 3. The molecule has 2 aromatic heterocycles. The molecule has 0 aliphatic carbocycles. The second-order valence-electron chi connectivity index (χ2n) is 7.88. The number of pyridine rings is 1. The number of aliphatic hydroxyl groups is 1. The van der Waals surface area contributed by atoms with E-state index in [2.05, 4.69) is 15.0 Å². The normalized spacial score (nSPS) is 17.5. The quantitative estimate of drug-likeness (QED) is 0.255. The number of imidazole rings is 1. The molecule has 8 nitrogen and oxygen atoms in total. The van der Waals surface area contributed by atoms with E-state index in [0.29, 0.717) is 21.9 Å². The molecule has 2 aromatic carbocycles. The Kier molecular flexibility index (Phi) is 5.30. The average Bonchev–Trinajstić information content (AvgIpc) is 3.37. The van der Waals surface area contributed by atoms with Crippen LogP contribution in [0.25, 0.3) is 16.8 Å². The number of halogens is 1. The van der Waals surface area contributed by atoms with Gasteiger partial charge in [0, 0.05) is 17.4 Å². The van der Waals surface area contributed by atoms with Gasteiger partial charge in [0.1, 0.15) is 11.5 Å². The van der Waals surface area contributed by atoms with Crippen molar-refractivity contribution in [3.8, 4) is 5.75 Å². The Bertz CT molecular complexity index is 1480. The Morgan fingerprint density at radius 1 is 1.12 bits per heavy atom. The summed E-state index contributed by atoms with van der Waals surface area (Å²) in [6.07, 6.45) is 3.11. The third-order valence-electron chi connectivity index (χ3n) is 5.74. The second kappa shape index (κ2) is 8.31. The fourth-order valence-electron chi connectivity index (χ4n) is 4.15. The van der Waals surface area contributed by atoms with Crippen LogP contribution in [-0.2, 0) is 9.59 Å². The van der Waals surface area contributed by atoms with E-state index in [1.165, 1.54) is 18.1 Å². The van der Waals surface area contributed by atoms with Gasteiger partial charge in [-0.2, -0.15) is 0 Å². The average molecular weight is 475 g/mol. The molecule has 4 aromatic rings. The molecule has 34 heavy (non-hydrogen) atoms. The Labute approximate surface area is 199 Å². The van der Waals surface area contributed by atoms with Crippen LogP contribution in [0.2, 0.25) is 5.02 Å². The number of aliphatic hydroxyl groups excluding tert-OH is 1. The summed E-state index contributed by atoms with van der Waals surface area (Å²) in [6, 6.07) is 12.7. The highest BCUT2D eigenvalue weighted by molar-refractivity contribution is 6.51. The zero-order valence-electron chi connectivity index (χ0n) is 18.2. The van der Waals surface area contributed by atoms with Crippen LogP contribution in [0.3, 0.4) is 0 Å². The number of ether oxygens (including phenoxy) is 1. The topological polar surface area (TPSA) is 108 Å². The van der Waals surface area contributed by atoms with Gasteiger partial charge >= 0.3 is 5.91 Å². The first-order chi connectivity index (χ1) is 16.4. The molecule has 1 fully saturated rings. The predicted molar refractivity (Wildman–Crippen MR) is 128 cm³/mol. The van der Waals surface area contributed by atoms with Crippen molar-refractivity contribution >= 4 is 46.0 Å². The molecular weight excluding hydrogens is 456 g/mol. The van der Waals surface area contributed by atoms with Crippen LogP contribution in [0.1, 0.15) is 22.7 Å². The summed E-state index contributed by atoms with van der Waals surface area (Å²) < 4.78 is 5.36. The number of H-pyrrole nitrogens is 1. The molecule has 2 N–H and O–H groups in total. The number of aromatic amines is 1. The van der Waals surface area contributed by atoms with E-state index in [9.17, 15) is 14.7 Å². The third-order valence-corrected chi connectivity index (χ3v) is 5.97. The van der Waals surface area contributed by atoms with E-state index in [1.807, 2.05) is 25.1 Å². The molecule has 0 bridgehead atoms. The molecule has 9 heteroatoms. The summed E-state index contributed by atoms with van der Waals surface area (Å²) in [5.74, 6) is -1.56. The van der Waals surface area contributed by atoms with Gasteiger partial charge in [0.05, 0.1) is 35.3 Å². The summed E-state index contributed by atoms with van der Waals surface area (Å²) >= 11 is 6.15. The minimum Gasteiger partial charge on any atom is -0.507 e. The minimum atomic E-state index is -0.951. The number of hydrogen-bond acceptors (Lipinski definition) is 6. The fourth-order valence-corrected chi connectivity index (χ4v) is 4.32. The Hall–Kier alpha value is -4.17. The first-order valence-electron chi connectivity index (χ1n) is 10.4. The highest BCUT2D eigenvalue weighted by atomic mass is 35.5. The van der Waals surface area contributed by atoms with E-state index in [-0.39, 0.29) is 17.1 Å². The molecule has 1 saturated heterocycles. The monoisotopic (exact) mass is 474 g/mol. The largest absolute Gasteiger partial charge is 0.507 e. The summed E-state index contributed by atoms with van der Waals surface area (Å²) in [6.45, 7) is 1.95. The van der Waals surface area contributed by atoms with Crippen LogP contribution in [0, 0.1) is 6.92 Å². The van der Waals surface area contributed by atoms with Crippen LogP contribution in [0.5, 0.6) is 5.75 Å². The highest BCUT2D eigenvalue weighted by Crippen LogP contribution is 2.43. The number of anilines is 1. The number of benzene rings is 2. The number of fused-ring (bicyclic) bond motifs is 1. The SMILES string of the molecule is COc1ccc(Cl)cc1/C(O)=C1\C(=O)C(=O)N(c2nc3ccc(C)cc3[nH]2)C1c1ccncc1. The maximum Gasteiger partial charge on any atom is 0.302 e. The number of rotatable bonds is 4. The van der Waals surface area contributed by atoms with Crippen molar-refractivity contribution in [3.63, 3.8) is 0 Å². The zero-order valence-corrected chi connectivity index (χ0v) is 19.0. The number of aryl methyl sites for hydroxylation is 1. The van der Waals surface area contributed by atoms with Gasteiger partial charge in [-0.15, -0.1) is 0 Å². The van der Waals surface area contributed by atoms with E-state index in [4.69, 9.17) is 16.3 Å². The molecule has 1 aliphatic rings. The number of carbonyl (C=O) groups excluding carboxylic acids is 2. The van der Waals surface area contributed by atoms with E-state index >= 15 is 0 Å². The molecule has 0 saturated carbocycles. The van der Waals surface area contributed by atoms with Gasteiger partial charge < -0.3 is 14.8 Å². The van der Waals surface area contributed by atoms with Crippen molar-refractivity contribution in [2.45, 2.75) is 13.0 Å². The van der Waals surface area contributed by atoms with Crippen molar-refractivity contribution < 1.29 is 19.4 Å². The molecule has 1 amide bonds. The predicted octanol–water partition coefficient (Wildman–Crippen LogP) is 4.55. The molecule has 1 aliphatic heterocycles. The zero-order chi connectivity index (χ0) is 24.0. The lowest BCUT2D eigenvalue weighted by Crippen LogP contribution is -2.30. The number of aromatic nitrogens is 3. The van der Waals surface area contributed by atoms with Crippen LogP contribution >= 0.6 is 11.6 Å². The van der Waals surface area contributed by atoms with Gasteiger partial charge in [-0.3, -0.25) is 19.5 Å². The fraction of sp³-hybridized carbons (Fsp3) is 0.120. The van der Waals surface area contributed by atoms with E-state index < -0.39 is 23.5 Å². The lowest BCUT2D eigenvalue weighted by molar-refractivity contribution is -0.132. The van der Waals surface area contributed by atoms with Crippen molar-refractivity contribution in [2.75, 3.05) is 12.0 Å². The van der Waals surface area contributed by atoms with Crippen molar-refractivity contribution in [3.05, 3.63) is 88.2 Å². The van der Waals surface area contributed by atoms with Gasteiger partial charge in [0.15, 0.2) is 0 Å². The first-order valence-corrected chi connectivity index (χ1v) is 10.8. The maximum absolute atomic E-state index is 13.3. The number of ketones is 1. The Morgan fingerprint density at radius 2 is 1.88 bits per heavy atom. The van der Waals surface area contributed by atoms with Gasteiger partial charge in [-0.25, -0.2) is 4.98 Å². The summed E-state index contributed by atoms with van der Waals surface area (Å²) in [4.78, 5) is 39.6. The summed E-state index contributed by atoms with van der Waals surface area (Å²) in [5.41, 5.74) is 3.06. The smallest absolute Gasteiger partial charge is 0.302 e. The number of carbonyl (C=O) groups is 2. The molecule has 1 unspecified atom stereocenters. The van der Waals surface area contributed by atoms with Gasteiger partial charge in [-0.1, -0.05) is 17.7 Å². The second-order valence-corrected chi connectivity index (χ2v) is 8.31. The lowest BCUT2D eigenvalue weighted by atomic mass is 9.95. The van der Waals surface area contributed by atoms with Crippen LogP contribution in [-0.4, -0.2) is 38.9 Å². The number of amides is 1. The molecule has 3 heterocycles. The molecule has 0 radical (unpaired) electrons. The van der Waals surface area contributed by atoms with E-state index in [0.717, 1.165) is 11.1 Å². The van der Waals surface area contributed by atoms with E-state index in [1.54, 1.807) is 36.7 Å². The number of hydrogen-bond donors (Lipinski definition) is 2. The highest BCUT2D eigenvalue weighted by Gasteiger charge is 2.48. The van der Waals surface area contributed by atoms with Crippen LogP contribution < -0.4 is 9.64 Å².